The van der Waals surface area contributed by atoms with Crippen molar-refractivity contribution >= 4 is 9.84 Å². The Morgan fingerprint density at radius 1 is 1.44 bits per heavy atom. The first-order valence-corrected chi connectivity index (χ1v) is 7.89. The molecular weight excluding hydrogens is 250 g/mol. The molecule has 0 saturated carbocycles. The first-order chi connectivity index (χ1) is 8.50. The van der Waals surface area contributed by atoms with Gasteiger partial charge in [-0.05, 0) is 30.5 Å². The Bertz CT molecular complexity index is 525. The largest absolute Gasteiger partial charge is 0.496 e. The number of rotatable bonds is 4. The summed E-state index contributed by atoms with van der Waals surface area (Å²) in [6.45, 7) is 2.70. The normalized spacial score (nSPS) is 22.0. The van der Waals surface area contributed by atoms with Gasteiger partial charge in [0, 0.05) is 12.6 Å². The van der Waals surface area contributed by atoms with Crippen LogP contribution < -0.4 is 10.1 Å². The lowest BCUT2D eigenvalue weighted by Crippen LogP contribution is -2.29. The first kappa shape index (κ1) is 13.4. The van der Waals surface area contributed by atoms with Crippen LogP contribution in [-0.2, 0) is 16.4 Å². The first-order valence-electron chi connectivity index (χ1n) is 6.07. The quantitative estimate of drug-likeness (QED) is 0.894. The van der Waals surface area contributed by atoms with Crippen molar-refractivity contribution in [2.45, 2.75) is 25.9 Å². The van der Waals surface area contributed by atoms with Crippen LogP contribution in [0.5, 0.6) is 5.75 Å². The summed E-state index contributed by atoms with van der Waals surface area (Å²) < 4.78 is 27.9. The van der Waals surface area contributed by atoms with Gasteiger partial charge < -0.3 is 10.1 Å². The van der Waals surface area contributed by atoms with E-state index in [0.717, 1.165) is 23.3 Å². The van der Waals surface area contributed by atoms with Crippen molar-refractivity contribution in [3.05, 3.63) is 29.3 Å². The van der Waals surface area contributed by atoms with Crippen LogP contribution in [0.15, 0.2) is 18.2 Å². The molecule has 1 fully saturated rings. The SMILES string of the molecule is COc1ccc(CNC2CCS(=O)(=O)C2)cc1C. The van der Waals surface area contributed by atoms with E-state index >= 15 is 0 Å². The average molecular weight is 269 g/mol. The molecule has 1 N–H and O–H groups in total. The van der Waals surface area contributed by atoms with Gasteiger partial charge in [0.05, 0.1) is 18.6 Å². The maximum atomic E-state index is 11.3. The van der Waals surface area contributed by atoms with Crippen LogP contribution in [-0.4, -0.2) is 33.1 Å². The lowest BCUT2D eigenvalue weighted by atomic mass is 10.1. The van der Waals surface area contributed by atoms with Crippen molar-refractivity contribution in [3.8, 4) is 5.75 Å². The lowest BCUT2D eigenvalue weighted by Gasteiger charge is -2.12. The minimum Gasteiger partial charge on any atom is -0.496 e. The van der Waals surface area contributed by atoms with Crippen LogP contribution in [0.3, 0.4) is 0 Å². The van der Waals surface area contributed by atoms with Gasteiger partial charge in [-0.15, -0.1) is 0 Å². The average Bonchev–Trinajstić information content (AvgIpc) is 2.66. The molecule has 1 atom stereocenters. The zero-order chi connectivity index (χ0) is 13.2. The number of hydrogen-bond donors (Lipinski definition) is 1. The highest BCUT2D eigenvalue weighted by molar-refractivity contribution is 7.91. The third kappa shape index (κ3) is 3.23. The zero-order valence-corrected chi connectivity index (χ0v) is 11.6. The number of nitrogens with one attached hydrogen (secondary N) is 1. The molecule has 0 aromatic heterocycles. The van der Waals surface area contributed by atoms with Gasteiger partial charge in [0.1, 0.15) is 5.75 Å². The van der Waals surface area contributed by atoms with Gasteiger partial charge in [-0.2, -0.15) is 0 Å². The van der Waals surface area contributed by atoms with Crippen molar-refractivity contribution in [3.63, 3.8) is 0 Å². The summed E-state index contributed by atoms with van der Waals surface area (Å²) >= 11 is 0. The molecule has 0 spiro atoms. The summed E-state index contributed by atoms with van der Waals surface area (Å²) in [5.41, 5.74) is 2.24. The van der Waals surface area contributed by atoms with Crippen LogP contribution >= 0.6 is 0 Å². The minimum atomic E-state index is -2.80. The van der Waals surface area contributed by atoms with Gasteiger partial charge in [-0.25, -0.2) is 8.42 Å². The fraction of sp³-hybridized carbons (Fsp3) is 0.538. The maximum Gasteiger partial charge on any atom is 0.151 e. The summed E-state index contributed by atoms with van der Waals surface area (Å²) in [6, 6.07) is 6.10. The molecule has 0 radical (unpaired) electrons. The van der Waals surface area contributed by atoms with E-state index in [0.29, 0.717) is 12.3 Å². The van der Waals surface area contributed by atoms with Crippen LogP contribution in [0.1, 0.15) is 17.5 Å². The molecule has 4 nitrogen and oxygen atoms in total. The van der Waals surface area contributed by atoms with Gasteiger partial charge in [-0.1, -0.05) is 12.1 Å². The second kappa shape index (κ2) is 5.28. The number of sulfone groups is 1. The van der Waals surface area contributed by atoms with Crippen molar-refractivity contribution in [1.82, 2.24) is 5.32 Å². The van der Waals surface area contributed by atoms with E-state index in [1.807, 2.05) is 19.1 Å². The maximum absolute atomic E-state index is 11.3. The molecule has 0 bridgehead atoms. The molecule has 1 aromatic rings. The molecule has 1 unspecified atom stereocenters. The smallest absolute Gasteiger partial charge is 0.151 e. The Morgan fingerprint density at radius 3 is 2.78 bits per heavy atom. The van der Waals surface area contributed by atoms with Crippen LogP contribution in [0, 0.1) is 6.92 Å². The predicted molar refractivity (Wildman–Crippen MR) is 71.6 cm³/mol. The van der Waals surface area contributed by atoms with Crippen molar-refractivity contribution in [2.24, 2.45) is 0 Å². The molecule has 1 saturated heterocycles. The highest BCUT2D eigenvalue weighted by Crippen LogP contribution is 2.19. The van der Waals surface area contributed by atoms with Crippen LogP contribution in [0.4, 0.5) is 0 Å². The van der Waals surface area contributed by atoms with Crippen molar-refractivity contribution in [1.29, 1.82) is 0 Å². The van der Waals surface area contributed by atoms with E-state index in [4.69, 9.17) is 4.74 Å². The van der Waals surface area contributed by atoms with E-state index in [2.05, 4.69) is 11.4 Å². The van der Waals surface area contributed by atoms with E-state index in [1.54, 1.807) is 7.11 Å². The Balaban J connectivity index is 1.93. The molecule has 18 heavy (non-hydrogen) atoms. The van der Waals surface area contributed by atoms with E-state index in [9.17, 15) is 8.42 Å². The second-order valence-corrected chi connectivity index (χ2v) is 7.01. The topological polar surface area (TPSA) is 55.4 Å². The Kier molecular flexibility index (Phi) is 3.92. The van der Waals surface area contributed by atoms with E-state index in [1.165, 1.54) is 0 Å². The van der Waals surface area contributed by atoms with Crippen LogP contribution in [0.2, 0.25) is 0 Å². The highest BCUT2D eigenvalue weighted by Gasteiger charge is 2.27. The minimum absolute atomic E-state index is 0.0948. The number of methoxy groups -OCH3 is 1. The third-order valence-electron chi connectivity index (χ3n) is 3.29. The summed E-state index contributed by atoms with van der Waals surface area (Å²) in [6.07, 6.45) is 0.720. The molecule has 1 heterocycles. The predicted octanol–water partition coefficient (Wildman–Crippen LogP) is 1.28. The molecule has 2 rings (SSSR count). The lowest BCUT2D eigenvalue weighted by molar-refractivity contribution is 0.411. The molecule has 0 amide bonds. The summed E-state index contributed by atoms with van der Waals surface area (Å²) in [5, 5.41) is 3.30. The number of hydrogen-bond acceptors (Lipinski definition) is 4. The van der Waals surface area contributed by atoms with E-state index < -0.39 is 9.84 Å². The second-order valence-electron chi connectivity index (χ2n) is 4.78. The molecule has 5 heteroatoms. The third-order valence-corrected chi connectivity index (χ3v) is 5.05. The van der Waals surface area contributed by atoms with Crippen LogP contribution in [0.25, 0.3) is 0 Å². The van der Waals surface area contributed by atoms with Gasteiger partial charge in [0.2, 0.25) is 0 Å². The molecule has 0 aliphatic carbocycles. The molecule has 1 aromatic carbocycles. The number of aryl methyl sites for hydroxylation is 1. The molecule has 100 valence electrons. The Morgan fingerprint density at radius 2 is 2.22 bits per heavy atom. The van der Waals surface area contributed by atoms with Gasteiger partial charge in [-0.3, -0.25) is 0 Å². The zero-order valence-electron chi connectivity index (χ0n) is 10.8. The van der Waals surface area contributed by atoms with Crippen molar-refractivity contribution in [2.75, 3.05) is 18.6 Å². The summed E-state index contributed by atoms with van der Waals surface area (Å²) in [4.78, 5) is 0. The van der Waals surface area contributed by atoms with Gasteiger partial charge in [0.25, 0.3) is 0 Å². The standard InChI is InChI=1S/C13H19NO3S/c1-10-7-11(3-4-13(10)17-2)8-14-12-5-6-18(15,16)9-12/h3-4,7,12,14H,5-6,8-9H2,1-2H3. The van der Waals surface area contributed by atoms with E-state index in [-0.39, 0.29) is 11.8 Å². The number of benzene rings is 1. The fourth-order valence-electron chi connectivity index (χ4n) is 2.27. The molecular formula is C13H19NO3S. The summed E-state index contributed by atoms with van der Waals surface area (Å²) in [7, 11) is -1.14. The highest BCUT2D eigenvalue weighted by atomic mass is 32.2. The molecule has 1 aliphatic rings. The summed E-state index contributed by atoms with van der Waals surface area (Å²) in [5.74, 6) is 1.45. The molecule has 1 aliphatic heterocycles. The van der Waals surface area contributed by atoms with Crippen molar-refractivity contribution < 1.29 is 13.2 Å². The Labute approximate surface area is 108 Å². The van der Waals surface area contributed by atoms with Gasteiger partial charge >= 0.3 is 0 Å². The number of ether oxygens (including phenoxy) is 1. The Hall–Kier alpha value is -1.07. The van der Waals surface area contributed by atoms with Gasteiger partial charge in [0.15, 0.2) is 9.84 Å². The monoisotopic (exact) mass is 269 g/mol. The fourth-order valence-corrected chi connectivity index (χ4v) is 3.98.